The van der Waals surface area contributed by atoms with E-state index in [4.69, 9.17) is 19.2 Å². The molecule has 1 aliphatic heterocycles. The first-order chi connectivity index (χ1) is 14.9. The van der Waals surface area contributed by atoms with Crippen molar-refractivity contribution < 1.29 is 33.0 Å². The lowest BCUT2D eigenvalue weighted by Crippen LogP contribution is -2.30. The Kier molecular flexibility index (Phi) is 6.61. The summed E-state index contributed by atoms with van der Waals surface area (Å²) in [6.07, 6.45) is 1.42. The van der Waals surface area contributed by atoms with Crippen LogP contribution in [0.4, 0.5) is 4.79 Å². The number of ether oxygens (including phenoxy) is 3. The number of benzene rings is 1. The van der Waals surface area contributed by atoms with Crippen molar-refractivity contribution in [2.45, 2.75) is 6.54 Å². The van der Waals surface area contributed by atoms with Gasteiger partial charge in [0.05, 0.1) is 20.8 Å². The molecule has 1 aliphatic rings. The molecule has 3 rings (SSSR count). The van der Waals surface area contributed by atoms with Crippen LogP contribution < -0.4 is 14.8 Å². The minimum absolute atomic E-state index is 0.00768. The SMILES string of the molecule is COC(=O)c1ccc(CN2C(=O)N/C(=C/c3cc(Br)cc(OC)c3OCC#N)C2=O)o1. The van der Waals surface area contributed by atoms with Crippen molar-refractivity contribution in [1.82, 2.24) is 10.2 Å². The summed E-state index contributed by atoms with van der Waals surface area (Å²) < 4.78 is 21.2. The van der Waals surface area contributed by atoms with Gasteiger partial charge in [-0.3, -0.25) is 9.69 Å². The maximum atomic E-state index is 12.8. The summed E-state index contributed by atoms with van der Waals surface area (Å²) in [6, 6.07) is 7.37. The lowest BCUT2D eigenvalue weighted by molar-refractivity contribution is -0.123. The quantitative estimate of drug-likeness (QED) is 0.356. The Morgan fingerprint density at radius 1 is 1.32 bits per heavy atom. The molecule has 0 spiro atoms. The summed E-state index contributed by atoms with van der Waals surface area (Å²) in [5.41, 5.74) is 0.407. The number of imide groups is 1. The van der Waals surface area contributed by atoms with Crippen molar-refractivity contribution >= 4 is 39.9 Å². The maximum absolute atomic E-state index is 12.8. The van der Waals surface area contributed by atoms with Gasteiger partial charge in [-0.2, -0.15) is 5.26 Å². The van der Waals surface area contributed by atoms with Crippen molar-refractivity contribution in [3.63, 3.8) is 0 Å². The number of hydrogen-bond donors (Lipinski definition) is 1. The monoisotopic (exact) mass is 489 g/mol. The van der Waals surface area contributed by atoms with E-state index in [9.17, 15) is 14.4 Å². The predicted molar refractivity (Wildman–Crippen MR) is 109 cm³/mol. The number of esters is 1. The van der Waals surface area contributed by atoms with E-state index in [1.165, 1.54) is 32.4 Å². The molecule has 2 heterocycles. The number of nitriles is 1. The molecular formula is C20H16BrN3O7. The summed E-state index contributed by atoms with van der Waals surface area (Å²) in [5.74, 6) is -0.498. The number of nitrogens with zero attached hydrogens (tertiary/aromatic N) is 2. The second-order valence-electron chi connectivity index (χ2n) is 6.11. The Labute approximate surface area is 185 Å². The number of carbonyl (C=O) groups excluding carboxylic acids is 3. The summed E-state index contributed by atoms with van der Waals surface area (Å²) in [4.78, 5) is 37.6. The fraction of sp³-hybridized carbons (Fsp3) is 0.200. The van der Waals surface area contributed by atoms with E-state index in [1.807, 2.05) is 6.07 Å². The Hall–Kier alpha value is -3.78. The number of furan rings is 1. The molecule has 160 valence electrons. The molecule has 3 amide bonds. The van der Waals surface area contributed by atoms with Gasteiger partial charge in [0.1, 0.15) is 17.5 Å². The highest BCUT2D eigenvalue weighted by Crippen LogP contribution is 2.36. The summed E-state index contributed by atoms with van der Waals surface area (Å²) in [7, 11) is 2.65. The number of urea groups is 1. The van der Waals surface area contributed by atoms with Crippen LogP contribution in [0.1, 0.15) is 21.9 Å². The Morgan fingerprint density at radius 3 is 2.77 bits per heavy atom. The van der Waals surface area contributed by atoms with Gasteiger partial charge in [-0.1, -0.05) is 15.9 Å². The van der Waals surface area contributed by atoms with Crippen molar-refractivity contribution in [2.24, 2.45) is 0 Å². The first-order valence-corrected chi connectivity index (χ1v) is 9.56. The number of methoxy groups -OCH3 is 2. The molecule has 1 N–H and O–H groups in total. The first-order valence-electron chi connectivity index (χ1n) is 8.76. The van der Waals surface area contributed by atoms with E-state index < -0.39 is 17.9 Å². The largest absolute Gasteiger partial charge is 0.493 e. The summed E-state index contributed by atoms with van der Waals surface area (Å²) in [5, 5.41) is 11.3. The third kappa shape index (κ3) is 4.70. The lowest BCUT2D eigenvalue weighted by atomic mass is 10.1. The van der Waals surface area contributed by atoms with Crippen LogP contribution in [0, 0.1) is 11.3 Å². The average Bonchev–Trinajstić information content (AvgIpc) is 3.32. The maximum Gasteiger partial charge on any atom is 0.373 e. The fourth-order valence-electron chi connectivity index (χ4n) is 2.81. The molecule has 10 nitrogen and oxygen atoms in total. The van der Waals surface area contributed by atoms with Gasteiger partial charge in [0.2, 0.25) is 5.76 Å². The van der Waals surface area contributed by atoms with Gasteiger partial charge < -0.3 is 23.9 Å². The normalized spacial score (nSPS) is 14.4. The van der Waals surface area contributed by atoms with Crippen LogP contribution in [0.25, 0.3) is 6.08 Å². The van der Waals surface area contributed by atoms with Crippen molar-refractivity contribution in [2.75, 3.05) is 20.8 Å². The van der Waals surface area contributed by atoms with E-state index >= 15 is 0 Å². The Morgan fingerprint density at radius 2 is 2.10 bits per heavy atom. The molecule has 0 bridgehead atoms. The van der Waals surface area contributed by atoms with Gasteiger partial charge >= 0.3 is 12.0 Å². The highest BCUT2D eigenvalue weighted by molar-refractivity contribution is 9.10. The van der Waals surface area contributed by atoms with E-state index in [1.54, 1.807) is 12.1 Å². The van der Waals surface area contributed by atoms with Crippen molar-refractivity contribution in [1.29, 1.82) is 5.26 Å². The highest BCUT2D eigenvalue weighted by Gasteiger charge is 2.34. The number of halogens is 1. The van der Waals surface area contributed by atoms with Gasteiger partial charge in [-0.15, -0.1) is 0 Å². The smallest absolute Gasteiger partial charge is 0.373 e. The molecule has 0 atom stereocenters. The molecule has 1 fully saturated rings. The molecule has 0 saturated carbocycles. The number of nitrogens with one attached hydrogen (secondary N) is 1. The number of amides is 3. The fourth-order valence-corrected chi connectivity index (χ4v) is 3.26. The summed E-state index contributed by atoms with van der Waals surface area (Å²) >= 11 is 3.35. The van der Waals surface area contributed by atoms with E-state index in [0.29, 0.717) is 15.8 Å². The van der Waals surface area contributed by atoms with Crippen molar-refractivity contribution in [3.05, 3.63) is 51.5 Å². The van der Waals surface area contributed by atoms with Gasteiger partial charge in [-0.25, -0.2) is 9.59 Å². The van der Waals surface area contributed by atoms with Crippen LogP contribution in [-0.2, 0) is 16.1 Å². The van der Waals surface area contributed by atoms with Crippen LogP contribution in [-0.4, -0.2) is 43.6 Å². The third-order valence-corrected chi connectivity index (χ3v) is 4.63. The average molecular weight is 490 g/mol. The van der Waals surface area contributed by atoms with Crippen LogP contribution in [0.5, 0.6) is 11.5 Å². The second-order valence-corrected chi connectivity index (χ2v) is 7.03. The zero-order valence-corrected chi connectivity index (χ0v) is 18.0. The second kappa shape index (κ2) is 9.36. The molecule has 2 aromatic rings. The summed E-state index contributed by atoms with van der Waals surface area (Å²) in [6.45, 7) is -0.416. The van der Waals surface area contributed by atoms with Gasteiger partial charge in [0, 0.05) is 10.0 Å². The zero-order valence-electron chi connectivity index (χ0n) is 16.4. The molecule has 0 aliphatic carbocycles. The number of rotatable bonds is 7. The Bertz CT molecular complexity index is 1120. The topological polar surface area (TPSA) is 131 Å². The molecule has 31 heavy (non-hydrogen) atoms. The molecule has 0 radical (unpaired) electrons. The van der Waals surface area contributed by atoms with Gasteiger partial charge in [0.15, 0.2) is 18.1 Å². The van der Waals surface area contributed by atoms with Crippen molar-refractivity contribution in [3.8, 4) is 17.6 Å². The van der Waals surface area contributed by atoms with E-state index in [0.717, 1.165) is 4.90 Å². The molecule has 11 heteroatoms. The molecule has 1 saturated heterocycles. The van der Waals surface area contributed by atoms with Crippen LogP contribution in [0.15, 0.2) is 38.9 Å². The van der Waals surface area contributed by atoms with Gasteiger partial charge in [0.25, 0.3) is 5.91 Å². The van der Waals surface area contributed by atoms with Crippen LogP contribution in [0.2, 0.25) is 0 Å². The predicted octanol–water partition coefficient (Wildman–Crippen LogP) is 2.83. The standard InChI is InChI=1S/C20H16BrN3O7/c1-28-16-9-12(21)7-11(17(16)30-6-5-22)8-14-18(25)24(20(27)23-14)10-13-3-4-15(31-13)19(26)29-2/h3-4,7-9H,6,10H2,1-2H3,(H,23,27)/b14-8+. The Balaban J connectivity index is 1.88. The minimum atomic E-state index is -0.669. The molecular weight excluding hydrogens is 474 g/mol. The first kappa shape index (κ1) is 21.9. The highest BCUT2D eigenvalue weighted by atomic mass is 79.9. The van der Waals surface area contributed by atoms with E-state index in [-0.39, 0.29) is 36.1 Å². The zero-order chi connectivity index (χ0) is 22.5. The van der Waals surface area contributed by atoms with Crippen LogP contribution in [0.3, 0.4) is 0 Å². The third-order valence-electron chi connectivity index (χ3n) is 4.17. The van der Waals surface area contributed by atoms with E-state index in [2.05, 4.69) is 26.0 Å². The molecule has 1 aromatic carbocycles. The van der Waals surface area contributed by atoms with Gasteiger partial charge in [-0.05, 0) is 30.3 Å². The number of hydrogen-bond acceptors (Lipinski definition) is 8. The minimum Gasteiger partial charge on any atom is -0.493 e. The molecule has 0 unspecified atom stereocenters. The lowest BCUT2D eigenvalue weighted by Gasteiger charge is -2.12. The number of carbonyl (C=O) groups is 3. The van der Waals surface area contributed by atoms with Crippen LogP contribution >= 0.6 is 15.9 Å². The molecule has 1 aromatic heterocycles.